The fourth-order valence-corrected chi connectivity index (χ4v) is 0.902. The van der Waals surface area contributed by atoms with Gasteiger partial charge in [-0.25, -0.2) is 0 Å². The van der Waals surface area contributed by atoms with E-state index in [0.29, 0.717) is 13.2 Å². The maximum Gasteiger partial charge on any atom is 0.320 e. The van der Waals surface area contributed by atoms with Crippen LogP contribution in [0.15, 0.2) is 0 Å². The lowest BCUT2D eigenvalue weighted by Gasteiger charge is -2.05. The number of hydrogen-bond acceptors (Lipinski definition) is 5. The summed E-state index contributed by atoms with van der Waals surface area (Å²) in [5.74, 6) is -0.920. The van der Waals surface area contributed by atoms with Gasteiger partial charge in [0.1, 0.15) is 6.61 Å². The molecule has 0 fully saturated rings. The van der Waals surface area contributed by atoms with Gasteiger partial charge in [0.15, 0.2) is 0 Å². The number of amides is 1. The lowest BCUT2D eigenvalue weighted by Crippen LogP contribution is -2.33. The van der Waals surface area contributed by atoms with Crippen LogP contribution < -0.4 is 11.1 Å². The molecule has 0 saturated carbocycles. The predicted molar refractivity (Wildman–Crippen MR) is 58.8 cm³/mol. The molecular weight excluding hydrogens is 212 g/mol. The van der Waals surface area contributed by atoms with Gasteiger partial charge in [-0.05, 0) is 6.42 Å². The lowest BCUT2D eigenvalue weighted by atomic mass is 10.4. The van der Waals surface area contributed by atoms with Gasteiger partial charge < -0.3 is 15.2 Å². The molecule has 0 heterocycles. The maximum absolute atomic E-state index is 11.0. The van der Waals surface area contributed by atoms with E-state index in [1.54, 1.807) is 0 Å². The molecule has 0 saturated heterocycles. The number of esters is 1. The Hall–Kier alpha value is -1.14. The molecule has 3 N–H and O–H groups in total. The Morgan fingerprint density at radius 1 is 1.19 bits per heavy atom. The van der Waals surface area contributed by atoms with Gasteiger partial charge in [0, 0.05) is 6.61 Å². The molecule has 0 aromatic carbocycles. The van der Waals surface area contributed by atoms with Crippen molar-refractivity contribution in [2.75, 3.05) is 32.9 Å². The number of primary amides is 1. The Morgan fingerprint density at radius 2 is 1.94 bits per heavy atom. The van der Waals surface area contributed by atoms with Crippen molar-refractivity contribution in [3.63, 3.8) is 0 Å². The van der Waals surface area contributed by atoms with Gasteiger partial charge in [-0.1, -0.05) is 13.3 Å². The van der Waals surface area contributed by atoms with Gasteiger partial charge in [0.05, 0.1) is 19.7 Å². The van der Waals surface area contributed by atoms with E-state index in [1.807, 2.05) is 0 Å². The van der Waals surface area contributed by atoms with E-state index in [-0.39, 0.29) is 19.7 Å². The van der Waals surface area contributed by atoms with E-state index in [1.165, 1.54) is 0 Å². The van der Waals surface area contributed by atoms with E-state index < -0.39 is 11.9 Å². The molecule has 0 bridgehead atoms. The summed E-state index contributed by atoms with van der Waals surface area (Å²) < 4.78 is 10.0. The molecule has 1 amide bonds. The second-order valence-electron chi connectivity index (χ2n) is 3.26. The normalized spacial score (nSPS) is 10.1. The van der Waals surface area contributed by atoms with Crippen LogP contribution in [0.4, 0.5) is 0 Å². The molecule has 0 aromatic heterocycles. The molecule has 0 radical (unpaired) electrons. The quantitative estimate of drug-likeness (QED) is 0.388. The molecule has 0 rings (SSSR count). The first-order chi connectivity index (χ1) is 7.66. The number of hydrogen-bond donors (Lipinski definition) is 2. The van der Waals surface area contributed by atoms with Gasteiger partial charge in [-0.3, -0.25) is 14.9 Å². The smallest absolute Gasteiger partial charge is 0.320 e. The van der Waals surface area contributed by atoms with Gasteiger partial charge in [0.2, 0.25) is 5.91 Å². The molecule has 0 unspecified atom stereocenters. The second kappa shape index (κ2) is 10.4. The highest BCUT2D eigenvalue weighted by atomic mass is 16.6. The van der Waals surface area contributed by atoms with Gasteiger partial charge >= 0.3 is 5.97 Å². The highest BCUT2D eigenvalue weighted by Gasteiger charge is 2.02. The molecule has 94 valence electrons. The minimum atomic E-state index is -0.504. The average Bonchev–Trinajstić information content (AvgIpc) is 2.22. The van der Waals surface area contributed by atoms with Crippen molar-refractivity contribution in [2.45, 2.75) is 19.8 Å². The van der Waals surface area contributed by atoms with Crippen LogP contribution in [0.2, 0.25) is 0 Å². The fraction of sp³-hybridized carbons (Fsp3) is 0.800. The minimum Gasteiger partial charge on any atom is -0.462 e. The van der Waals surface area contributed by atoms with Crippen molar-refractivity contribution in [3.05, 3.63) is 0 Å². The second-order valence-corrected chi connectivity index (χ2v) is 3.26. The Kier molecular flexibility index (Phi) is 9.64. The summed E-state index contributed by atoms with van der Waals surface area (Å²) in [6, 6.07) is 0. The van der Waals surface area contributed by atoms with Crippen LogP contribution in [-0.2, 0) is 19.1 Å². The third kappa shape index (κ3) is 10.9. The summed E-state index contributed by atoms with van der Waals surface area (Å²) >= 11 is 0. The van der Waals surface area contributed by atoms with Crippen molar-refractivity contribution in [3.8, 4) is 0 Å². The van der Waals surface area contributed by atoms with Crippen LogP contribution in [0, 0.1) is 0 Å². The highest BCUT2D eigenvalue weighted by molar-refractivity contribution is 5.77. The highest BCUT2D eigenvalue weighted by Crippen LogP contribution is 1.87. The van der Waals surface area contributed by atoms with Crippen molar-refractivity contribution < 1.29 is 19.1 Å². The molecule has 0 atom stereocenters. The Balaban J connectivity index is 3.20. The molecule has 6 nitrogen and oxygen atoms in total. The summed E-state index contributed by atoms with van der Waals surface area (Å²) in [5, 5.41) is 2.56. The van der Waals surface area contributed by atoms with Crippen LogP contribution in [0.25, 0.3) is 0 Å². The fourth-order valence-electron chi connectivity index (χ4n) is 0.902. The number of carbonyl (C=O) groups excluding carboxylic acids is 2. The van der Waals surface area contributed by atoms with Gasteiger partial charge in [0.25, 0.3) is 0 Å². The molecule has 16 heavy (non-hydrogen) atoms. The first-order valence-electron chi connectivity index (χ1n) is 5.39. The monoisotopic (exact) mass is 232 g/mol. The molecule has 0 aliphatic rings. The van der Waals surface area contributed by atoms with Crippen molar-refractivity contribution in [1.29, 1.82) is 0 Å². The zero-order valence-electron chi connectivity index (χ0n) is 9.66. The van der Waals surface area contributed by atoms with Crippen molar-refractivity contribution in [2.24, 2.45) is 5.73 Å². The van der Waals surface area contributed by atoms with Crippen molar-refractivity contribution in [1.82, 2.24) is 5.32 Å². The van der Waals surface area contributed by atoms with Crippen LogP contribution in [0.5, 0.6) is 0 Å². The molecular formula is C10H20N2O4. The number of nitrogens with one attached hydrogen (secondary N) is 1. The van der Waals surface area contributed by atoms with Crippen molar-refractivity contribution >= 4 is 11.9 Å². The summed E-state index contributed by atoms with van der Waals surface area (Å²) in [4.78, 5) is 21.4. The number of rotatable bonds is 10. The SMILES string of the molecule is CCCCOCCOC(=O)CNCC(N)=O. The number of carbonyl (C=O) groups is 2. The van der Waals surface area contributed by atoms with Crippen LogP contribution in [0.3, 0.4) is 0 Å². The molecule has 0 aliphatic carbocycles. The summed E-state index contributed by atoms with van der Waals surface area (Å²) in [7, 11) is 0. The summed E-state index contributed by atoms with van der Waals surface area (Å²) in [6.45, 7) is 3.37. The Morgan fingerprint density at radius 3 is 2.56 bits per heavy atom. The van der Waals surface area contributed by atoms with Gasteiger partial charge in [-0.2, -0.15) is 0 Å². The zero-order valence-corrected chi connectivity index (χ0v) is 9.66. The summed E-state index contributed by atoms with van der Waals surface area (Å²) in [5.41, 5.74) is 4.87. The van der Waals surface area contributed by atoms with E-state index in [2.05, 4.69) is 12.2 Å². The van der Waals surface area contributed by atoms with Crippen LogP contribution in [0.1, 0.15) is 19.8 Å². The zero-order chi connectivity index (χ0) is 12.2. The average molecular weight is 232 g/mol. The molecule has 6 heteroatoms. The first-order valence-corrected chi connectivity index (χ1v) is 5.39. The third-order valence-corrected chi connectivity index (χ3v) is 1.70. The van der Waals surface area contributed by atoms with Crippen LogP contribution in [-0.4, -0.2) is 44.8 Å². The summed E-state index contributed by atoms with van der Waals surface area (Å²) in [6.07, 6.45) is 2.09. The lowest BCUT2D eigenvalue weighted by molar-refractivity contribution is -0.144. The maximum atomic E-state index is 11.0. The van der Waals surface area contributed by atoms with Gasteiger partial charge in [-0.15, -0.1) is 0 Å². The van der Waals surface area contributed by atoms with Crippen LogP contribution >= 0.6 is 0 Å². The van der Waals surface area contributed by atoms with E-state index >= 15 is 0 Å². The van der Waals surface area contributed by atoms with E-state index in [4.69, 9.17) is 15.2 Å². The topological polar surface area (TPSA) is 90.7 Å². The minimum absolute atomic E-state index is 0.0160. The van der Waals surface area contributed by atoms with E-state index in [0.717, 1.165) is 12.8 Å². The largest absolute Gasteiger partial charge is 0.462 e. The Labute approximate surface area is 95.5 Å². The number of ether oxygens (including phenoxy) is 2. The Bertz CT molecular complexity index is 209. The standard InChI is InChI=1S/C10H20N2O4/c1-2-3-4-15-5-6-16-10(14)8-12-7-9(11)13/h12H,2-8H2,1H3,(H2,11,13). The molecule has 0 aromatic rings. The number of nitrogens with two attached hydrogens (primary N) is 1. The molecule has 0 aliphatic heterocycles. The molecule has 0 spiro atoms. The third-order valence-electron chi connectivity index (χ3n) is 1.70. The first kappa shape index (κ1) is 14.9. The predicted octanol–water partition coefficient (Wildman–Crippen LogP) is -0.579. The van der Waals surface area contributed by atoms with E-state index in [9.17, 15) is 9.59 Å². The number of unbranched alkanes of at least 4 members (excludes halogenated alkanes) is 1.